The summed E-state index contributed by atoms with van der Waals surface area (Å²) in [5, 5.41) is 6.05. The summed E-state index contributed by atoms with van der Waals surface area (Å²) in [6.07, 6.45) is 2.51. The molecule has 3 atom stereocenters. The van der Waals surface area contributed by atoms with E-state index in [1.165, 1.54) is 18.5 Å². The van der Waals surface area contributed by atoms with Crippen LogP contribution in [0.25, 0.3) is 0 Å². The number of nitrogens with zero attached hydrogens (tertiary/aromatic N) is 1. The Morgan fingerprint density at radius 3 is 2.81 bits per heavy atom. The van der Waals surface area contributed by atoms with Crippen molar-refractivity contribution in [2.75, 3.05) is 23.8 Å². The van der Waals surface area contributed by atoms with Gasteiger partial charge in [-0.25, -0.2) is 0 Å². The van der Waals surface area contributed by atoms with Crippen molar-refractivity contribution in [3.8, 4) is 0 Å². The molecule has 21 heavy (non-hydrogen) atoms. The summed E-state index contributed by atoms with van der Waals surface area (Å²) in [7, 11) is 1.82. The van der Waals surface area contributed by atoms with Gasteiger partial charge >= 0.3 is 0 Å². The highest BCUT2D eigenvalue weighted by atomic mass is 79.9. The lowest BCUT2D eigenvalue weighted by atomic mass is 9.94. The van der Waals surface area contributed by atoms with Crippen molar-refractivity contribution < 1.29 is 4.79 Å². The molecule has 0 spiro atoms. The zero-order valence-corrected chi connectivity index (χ0v) is 14.3. The summed E-state index contributed by atoms with van der Waals surface area (Å²) in [6.45, 7) is 5.65. The Morgan fingerprint density at radius 1 is 1.33 bits per heavy atom. The van der Waals surface area contributed by atoms with Crippen molar-refractivity contribution in [3.63, 3.8) is 0 Å². The van der Waals surface area contributed by atoms with Crippen LogP contribution >= 0.6 is 15.9 Å². The van der Waals surface area contributed by atoms with E-state index in [1.807, 2.05) is 7.05 Å². The fourth-order valence-corrected chi connectivity index (χ4v) is 3.99. The summed E-state index contributed by atoms with van der Waals surface area (Å²) in [6, 6.07) is 4.48. The van der Waals surface area contributed by atoms with Gasteiger partial charge in [-0.15, -0.1) is 0 Å². The summed E-state index contributed by atoms with van der Waals surface area (Å²) in [5.74, 6) is 0.734. The van der Waals surface area contributed by atoms with Gasteiger partial charge in [0.2, 0.25) is 5.91 Å². The number of halogens is 1. The van der Waals surface area contributed by atoms with Gasteiger partial charge in [0.15, 0.2) is 0 Å². The van der Waals surface area contributed by atoms with Crippen LogP contribution < -0.4 is 15.5 Å². The van der Waals surface area contributed by atoms with E-state index >= 15 is 0 Å². The molecule has 0 aromatic heterocycles. The molecular formula is C16H22BrN3O. The van der Waals surface area contributed by atoms with Crippen molar-refractivity contribution in [2.24, 2.45) is 5.92 Å². The molecular weight excluding hydrogens is 330 g/mol. The molecule has 0 radical (unpaired) electrons. The second-order valence-electron chi connectivity index (χ2n) is 6.29. The fraction of sp³-hybridized carbons (Fsp3) is 0.562. The minimum Gasteiger partial charge on any atom is -0.368 e. The Labute approximate surface area is 134 Å². The molecule has 1 fully saturated rings. The van der Waals surface area contributed by atoms with E-state index in [0.29, 0.717) is 12.0 Å². The fourth-order valence-electron chi connectivity index (χ4n) is 3.40. The Kier molecular flexibility index (Phi) is 3.97. The van der Waals surface area contributed by atoms with Crippen LogP contribution in [0.1, 0.15) is 38.3 Å². The number of amides is 1. The van der Waals surface area contributed by atoms with Crippen LogP contribution in [0, 0.1) is 5.92 Å². The highest BCUT2D eigenvalue weighted by Gasteiger charge is 2.32. The van der Waals surface area contributed by atoms with E-state index in [-0.39, 0.29) is 11.9 Å². The minimum atomic E-state index is -0.247. The smallest absolute Gasteiger partial charge is 0.246 e. The lowest BCUT2D eigenvalue weighted by Gasteiger charge is -2.39. The number of hydrogen-bond acceptors (Lipinski definition) is 3. The first-order valence-corrected chi connectivity index (χ1v) is 8.38. The lowest BCUT2D eigenvalue weighted by Crippen LogP contribution is -2.41. The Bertz CT molecular complexity index is 575. The zero-order valence-electron chi connectivity index (χ0n) is 12.7. The summed E-state index contributed by atoms with van der Waals surface area (Å²) in [4.78, 5) is 14.4. The van der Waals surface area contributed by atoms with Gasteiger partial charge in [-0.1, -0.05) is 6.92 Å². The molecule has 1 amide bonds. The summed E-state index contributed by atoms with van der Waals surface area (Å²) >= 11 is 3.70. The molecule has 1 aromatic rings. The number of carbonyl (C=O) groups excluding carboxylic acids is 1. The van der Waals surface area contributed by atoms with Crippen LogP contribution in [-0.4, -0.2) is 25.5 Å². The van der Waals surface area contributed by atoms with Crippen molar-refractivity contribution >= 4 is 33.2 Å². The molecule has 2 aliphatic rings. The molecule has 0 aliphatic carbocycles. The Hall–Kier alpha value is -1.07. The molecule has 2 heterocycles. The first-order valence-electron chi connectivity index (χ1n) is 7.59. The Morgan fingerprint density at radius 2 is 2.10 bits per heavy atom. The summed E-state index contributed by atoms with van der Waals surface area (Å²) in [5.41, 5.74) is 3.14. The molecule has 2 N–H and O–H groups in total. The normalized spacial score (nSPS) is 28.5. The van der Waals surface area contributed by atoms with Crippen LogP contribution in [0.2, 0.25) is 0 Å². The van der Waals surface area contributed by atoms with E-state index < -0.39 is 0 Å². The van der Waals surface area contributed by atoms with E-state index in [2.05, 4.69) is 57.4 Å². The predicted octanol–water partition coefficient (Wildman–Crippen LogP) is 3.29. The first kappa shape index (κ1) is 14.9. The molecule has 114 valence electrons. The van der Waals surface area contributed by atoms with Crippen LogP contribution in [-0.2, 0) is 4.79 Å². The van der Waals surface area contributed by atoms with Gasteiger partial charge in [0.25, 0.3) is 0 Å². The van der Waals surface area contributed by atoms with E-state index in [0.717, 1.165) is 22.3 Å². The molecule has 3 rings (SSSR count). The van der Waals surface area contributed by atoms with E-state index in [9.17, 15) is 4.79 Å². The van der Waals surface area contributed by atoms with Gasteiger partial charge in [0, 0.05) is 28.3 Å². The number of piperidine rings is 1. The molecule has 4 nitrogen and oxygen atoms in total. The number of nitrogens with one attached hydrogen (secondary N) is 2. The maximum atomic E-state index is 12.0. The van der Waals surface area contributed by atoms with Crippen LogP contribution in [0.4, 0.5) is 11.4 Å². The van der Waals surface area contributed by atoms with Crippen molar-refractivity contribution in [1.82, 2.24) is 5.32 Å². The molecule has 2 aliphatic heterocycles. The second kappa shape index (κ2) is 5.61. The molecule has 3 unspecified atom stereocenters. The molecule has 1 aromatic carbocycles. The van der Waals surface area contributed by atoms with Crippen LogP contribution in [0.3, 0.4) is 0 Å². The van der Waals surface area contributed by atoms with Gasteiger partial charge in [-0.05, 0) is 60.8 Å². The average molecular weight is 352 g/mol. The number of rotatable bonds is 2. The molecule has 1 saturated heterocycles. The van der Waals surface area contributed by atoms with Crippen molar-refractivity contribution in [1.29, 1.82) is 0 Å². The van der Waals surface area contributed by atoms with Gasteiger partial charge in [-0.3, -0.25) is 4.79 Å². The topological polar surface area (TPSA) is 44.4 Å². The maximum absolute atomic E-state index is 12.0. The van der Waals surface area contributed by atoms with Crippen LogP contribution in [0.15, 0.2) is 16.6 Å². The Balaban J connectivity index is 1.98. The predicted molar refractivity (Wildman–Crippen MR) is 89.8 cm³/mol. The second-order valence-corrected chi connectivity index (χ2v) is 7.14. The van der Waals surface area contributed by atoms with E-state index in [4.69, 9.17) is 0 Å². The summed E-state index contributed by atoms with van der Waals surface area (Å²) < 4.78 is 1.07. The maximum Gasteiger partial charge on any atom is 0.246 e. The first-order chi connectivity index (χ1) is 10.0. The van der Waals surface area contributed by atoms with Gasteiger partial charge in [0.1, 0.15) is 6.04 Å². The van der Waals surface area contributed by atoms with Crippen LogP contribution in [0.5, 0.6) is 0 Å². The number of hydrogen-bond donors (Lipinski definition) is 2. The number of anilines is 2. The highest BCUT2D eigenvalue weighted by molar-refractivity contribution is 9.10. The highest BCUT2D eigenvalue weighted by Crippen LogP contribution is 2.41. The average Bonchev–Trinajstić information content (AvgIpc) is 2.75. The third kappa shape index (κ3) is 2.57. The van der Waals surface area contributed by atoms with Crippen molar-refractivity contribution in [3.05, 3.63) is 22.2 Å². The lowest BCUT2D eigenvalue weighted by molar-refractivity contribution is -0.117. The molecule has 0 saturated carbocycles. The van der Waals surface area contributed by atoms with Gasteiger partial charge in [-0.2, -0.15) is 0 Å². The minimum absolute atomic E-state index is 0.0246. The van der Waals surface area contributed by atoms with Crippen molar-refractivity contribution in [2.45, 2.75) is 38.8 Å². The SMILES string of the molecule is CNC1C(=O)Nc2cc(N3CC(C)CCC3C)c(Br)cc21. The molecule has 0 bridgehead atoms. The largest absolute Gasteiger partial charge is 0.368 e. The van der Waals surface area contributed by atoms with E-state index in [1.54, 1.807) is 0 Å². The third-order valence-corrected chi connectivity index (χ3v) is 5.30. The third-order valence-electron chi connectivity index (χ3n) is 4.67. The number of carbonyl (C=O) groups is 1. The number of benzene rings is 1. The standard InChI is InChI=1S/C16H22BrN3O/c1-9-4-5-10(2)20(8-9)14-7-13-11(6-12(14)17)15(18-3)16(21)19-13/h6-7,9-10,15,18H,4-5,8H2,1-3H3,(H,19,21). The number of fused-ring (bicyclic) bond motifs is 1. The molecule has 5 heteroatoms. The monoisotopic (exact) mass is 351 g/mol. The number of likely N-dealkylation sites (N-methyl/N-ethyl adjacent to an activating group) is 1. The quantitative estimate of drug-likeness (QED) is 0.859. The zero-order chi connectivity index (χ0) is 15.1. The van der Waals surface area contributed by atoms with Gasteiger partial charge < -0.3 is 15.5 Å². The van der Waals surface area contributed by atoms with Gasteiger partial charge in [0.05, 0.1) is 5.69 Å².